The fourth-order valence-electron chi connectivity index (χ4n) is 4.36. The summed E-state index contributed by atoms with van der Waals surface area (Å²) in [5.74, 6) is -0.401. The number of rotatable bonds is 9. The van der Waals surface area contributed by atoms with Crippen LogP contribution >= 0.6 is 7.60 Å². The first kappa shape index (κ1) is 25.3. The summed E-state index contributed by atoms with van der Waals surface area (Å²) < 4.78 is 25.4. The summed E-state index contributed by atoms with van der Waals surface area (Å²) in [7, 11) is -1.20. The molecule has 0 unspecified atom stereocenters. The van der Waals surface area contributed by atoms with Gasteiger partial charge in [0.05, 0.1) is 12.0 Å². The Bertz CT molecular complexity index is 1280. The Kier molecular flexibility index (Phi) is 7.65. The highest BCUT2D eigenvalue weighted by molar-refractivity contribution is 7.58. The fourth-order valence-corrected chi connectivity index (χ4v) is 5.48. The summed E-state index contributed by atoms with van der Waals surface area (Å²) >= 11 is 0. The van der Waals surface area contributed by atoms with Crippen molar-refractivity contribution in [2.75, 3.05) is 14.2 Å². The minimum absolute atomic E-state index is 0.00924. The quantitative estimate of drug-likeness (QED) is 0.237. The predicted octanol–water partition coefficient (Wildman–Crippen LogP) is 5.64. The molecule has 36 heavy (non-hydrogen) atoms. The number of imidazole rings is 1. The van der Waals surface area contributed by atoms with E-state index in [-0.39, 0.29) is 5.44 Å². The third-order valence-corrected chi connectivity index (χ3v) is 7.72. The van der Waals surface area contributed by atoms with Crippen LogP contribution in [0.4, 0.5) is 0 Å². The number of hydrogen-bond acceptors (Lipinski definition) is 5. The lowest BCUT2D eigenvalue weighted by atomic mass is 9.77. The van der Waals surface area contributed by atoms with E-state index in [0.717, 1.165) is 16.7 Å². The van der Waals surface area contributed by atoms with Crippen LogP contribution < -0.4 is 5.32 Å². The maximum Gasteiger partial charge on any atom is 0.377 e. The summed E-state index contributed by atoms with van der Waals surface area (Å²) in [6.45, 7) is 1.33. The first-order valence-electron chi connectivity index (χ1n) is 11.4. The van der Waals surface area contributed by atoms with Crippen LogP contribution in [-0.4, -0.2) is 29.7 Å². The number of hydrogen-bond donors (Lipinski definition) is 1. The molecule has 3 aromatic carbocycles. The van der Waals surface area contributed by atoms with Gasteiger partial charge in [-0.3, -0.25) is 9.36 Å². The van der Waals surface area contributed by atoms with Crippen molar-refractivity contribution in [2.45, 2.75) is 12.5 Å². The molecule has 7 nitrogen and oxygen atoms in total. The first-order valence-corrected chi connectivity index (χ1v) is 12.9. The molecular formula is C28H28N3O4P. The minimum atomic E-state index is -3.74. The Morgan fingerprint density at radius 2 is 1.31 bits per heavy atom. The lowest BCUT2D eigenvalue weighted by Gasteiger charge is -2.37. The molecule has 1 heterocycles. The molecule has 1 amide bonds. The van der Waals surface area contributed by atoms with Gasteiger partial charge in [-0.05, 0) is 22.8 Å². The van der Waals surface area contributed by atoms with E-state index < -0.39 is 19.0 Å². The van der Waals surface area contributed by atoms with Gasteiger partial charge in [0.25, 0.3) is 0 Å². The van der Waals surface area contributed by atoms with E-state index in [1.807, 2.05) is 65.4 Å². The van der Waals surface area contributed by atoms with Gasteiger partial charge in [0, 0.05) is 27.3 Å². The Hall–Kier alpha value is -3.77. The molecule has 0 bridgehead atoms. The summed E-state index contributed by atoms with van der Waals surface area (Å²) in [4.78, 5) is 16.4. The molecule has 0 aliphatic carbocycles. The number of aromatic nitrogens is 2. The van der Waals surface area contributed by atoms with Crippen molar-refractivity contribution in [3.05, 3.63) is 131 Å². The van der Waals surface area contributed by atoms with E-state index in [9.17, 15) is 9.36 Å². The van der Waals surface area contributed by atoms with E-state index in [4.69, 9.17) is 9.05 Å². The van der Waals surface area contributed by atoms with E-state index in [2.05, 4.69) is 46.7 Å². The lowest BCUT2D eigenvalue weighted by Crippen LogP contribution is -2.36. The molecule has 0 aliphatic rings. The minimum Gasteiger partial charge on any atom is -0.320 e. The van der Waals surface area contributed by atoms with E-state index >= 15 is 0 Å². The molecule has 0 saturated heterocycles. The number of nitrogens with zero attached hydrogens (tertiary/aromatic N) is 2. The molecule has 0 aliphatic heterocycles. The molecule has 0 fully saturated rings. The van der Waals surface area contributed by atoms with Crippen LogP contribution in [0.3, 0.4) is 0 Å². The zero-order valence-corrected chi connectivity index (χ0v) is 21.3. The van der Waals surface area contributed by atoms with Crippen molar-refractivity contribution in [3.8, 4) is 0 Å². The zero-order valence-electron chi connectivity index (χ0n) is 20.4. The van der Waals surface area contributed by atoms with Gasteiger partial charge in [-0.15, -0.1) is 0 Å². The van der Waals surface area contributed by atoms with Crippen LogP contribution in [0.1, 0.15) is 29.3 Å². The average Bonchev–Trinajstić information content (AvgIpc) is 3.38. The summed E-state index contributed by atoms with van der Waals surface area (Å²) in [6, 6.07) is 30.5. The highest BCUT2D eigenvalue weighted by atomic mass is 31.2. The van der Waals surface area contributed by atoms with Gasteiger partial charge in [-0.25, -0.2) is 4.98 Å². The predicted molar refractivity (Wildman–Crippen MR) is 140 cm³/mol. The Balaban J connectivity index is 1.98. The summed E-state index contributed by atoms with van der Waals surface area (Å²) in [6.07, 6.45) is 5.09. The van der Waals surface area contributed by atoms with Crippen LogP contribution in [0.15, 0.2) is 109 Å². The molecule has 1 aromatic heterocycles. The molecule has 0 atom stereocenters. The molecule has 8 heteroatoms. The molecule has 184 valence electrons. The van der Waals surface area contributed by atoms with Crippen LogP contribution in [0.5, 0.6) is 0 Å². The van der Waals surface area contributed by atoms with Crippen molar-refractivity contribution in [1.29, 1.82) is 0 Å². The number of carbonyl (C=O) groups excluding carboxylic acids is 1. The molecule has 0 radical (unpaired) electrons. The SMILES string of the molecule is COP(=O)(OC)/C(=C/c1cn(C(c2ccccc2)(c2ccccc2)c2ccccc2)cn1)NC(C)=O. The molecule has 4 aromatic rings. The normalized spacial score (nSPS) is 12.4. The third-order valence-electron chi connectivity index (χ3n) is 5.93. The van der Waals surface area contributed by atoms with Crippen molar-refractivity contribution >= 4 is 19.6 Å². The standard InChI is InChI=1S/C28H28N3O4P/c1-22(32)30-27(36(33,34-2)35-3)19-26-20-31(21-29-26)28(23-13-7-4-8-14-23,24-15-9-5-10-16-24)25-17-11-6-12-18-25/h4-21H,1-3H3,(H,30,32)/b27-19+. The summed E-state index contributed by atoms with van der Waals surface area (Å²) in [5.41, 5.74) is 2.85. The lowest BCUT2D eigenvalue weighted by molar-refractivity contribution is -0.118. The monoisotopic (exact) mass is 501 g/mol. The number of amides is 1. The van der Waals surface area contributed by atoms with E-state index in [0.29, 0.717) is 5.69 Å². The van der Waals surface area contributed by atoms with Gasteiger partial charge >= 0.3 is 7.60 Å². The van der Waals surface area contributed by atoms with Crippen LogP contribution in [-0.2, 0) is 23.9 Å². The first-order chi connectivity index (χ1) is 17.4. The topological polar surface area (TPSA) is 82.4 Å². The largest absolute Gasteiger partial charge is 0.377 e. The van der Waals surface area contributed by atoms with Crippen LogP contribution in [0.2, 0.25) is 0 Å². The molecule has 0 spiro atoms. The van der Waals surface area contributed by atoms with Crippen molar-refractivity contribution in [3.63, 3.8) is 0 Å². The average molecular weight is 502 g/mol. The van der Waals surface area contributed by atoms with Gasteiger partial charge in [0.15, 0.2) is 0 Å². The van der Waals surface area contributed by atoms with Gasteiger partial charge in [-0.1, -0.05) is 91.0 Å². The van der Waals surface area contributed by atoms with Crippen molar-refractivity contribution in [2.24, 2.45) is 0 Å². The molecule has 4 rings (SSSR count). The Morgan fingerprint density at radius 3 is 1.69 bits per heavy atom. The summed E-state index contributed by atoms with van der Waals surface area (Å²) in [5, 5.41) is 2.57. The maximum absolute atomic E-state index is 13.1. The van der Waals surface area contributed by atoms with Crippen molar-refractivity contribution < 1.29 is 18.4 Å². The molecule has 1 N–H and O–H groups in total. The van der Waals surface area contributed by atoms with Gasteiger partial charge in [0.2, 0.25) is 5.91 Å². The molecular weight excluding hydrogens is 473 g/mol. The van der Waals surface area contributed by atoms with Gasteiger partial charge < -0.3 is 18.9 Å². The third kappa shape index (κ3) is 4.82. The Labute approximate surface area is 211 Å². The highest BCUT2D eigenvalue weighted by Gasteiger charge is 2.38. The molecule has 0 saturated carbocycles. The van der Waals surface area contributed by atoms with Crippen molar-refractivity contribution in [1.82, 2.24) is 14.9 Å². The number of carbonyl (C=O) groups is 1. The highest BCUT2D eigenvalue weighted by Crippen LogP contribution is 2.54. The second-order valence-electron chi connectivity index (χ2n) is 8.09. The Morgan fingerprint density at radius 1 is 0.861 bits per heavy atom. The van der Waals surface area contributed by atoms with Gasteiger partial charge in [-0.2, -0.15) is 0 Å². The van der Waals surface area contributed by atoms with Gasteiger partial charge in [0.1, 0.15) is 11.0 Å². The fraction of sp³-hybridized carbons (Fsp3) is 0.143. The second-order valence-corrected chi connectivity index (χ2v) is 10.3. The number of nitrogens with one attached hydrogen (secondary N) is 1. The number of benzene rings is 3. The zero-order chi connectivity index (χ0) is 25.6. The van der Waals surface area contributed by atoms with Crippen LogP contribution in [0.25, 0.3) is 6.08 Å². The smallest absolute Gasteiger partial charge is 0.320 e. The second kappa shape index (κ2) is 10.9. The van der Waals surface area contributed by atoms with E-state index in [1.54, 1.807) is 6.33 Å². The maximum atomic E-state index is 13.1. The van der Waals surface area contributed by atoms with Crippen LogP contribution in [0, 0.1) is 0 Å². The van der Waals surface area contributed by atoms with E-state index in [1.165, 1.54) is 27.2 Å².